The summed E-state index contributed by atoms with van der Waals surface area (Å²) in [6.07, 6.45) is 0. The molecule has 3 rings (SSSR count). The van der Waals surface area contributed by atoms with Gasteiger partial charge in [0.05, 0.1) is 11.0 Å². The first-order valence-corrected chi connectivity index (χ1v) is 7.82. The molecule has 3 aromatic rings. The first-order valence-electron chi connectivity index (χ1n) is 6.94. The molecule has 2 heterocycles. The predicted molar refractivity (Wildman–Crippen MR) is 85.2 cm³/mol. The summed E-state index contributed by atoms with van der Waals surface area (Å²) in [5.74, 6) is 1.08. The second-order valence-corrected chi connectivity index (χ2v) is 5.97. The van der Waals surface area contributed by atoms with Crippen molar-refractivity contribution >= 4 is 22.4 Å². The fourth-order valence-electron chi connectivity index (χ4n) is 2.51. The van der Waals surface area contributed by atoms with Crippen LogP contribution in [0.3, 0.4) is 0 Å². The molecule has 0 aliphatic heterocycles. The molecule has 4 heteroatoms. The van der Waals surface area contributed by atoms with E-state index in [2.05, 4.69) is 64.4 Å². The van der Waals surface area contributed by atoms with Gasteiger partial charge in [-0.3, -0.25) is 0 Å². The Kier molecular flexibility index (Phi) is 3.85. The second-order valence-electron chi connectivity index (χ2n) is 4.99. The molecule has 3 nitrogen and oxygen atoms in total. The van der Waals surface area contributed by atoms with Crippen LogP contribution in [0.4, 0.5) is 0 Å². The van der Waals surface area contributed by atoms with Crippen LogP contribution in [0, 0.1) is 6.92 Å². The van der Waals surface area contributed by atoms with Crippen LogP contribution in [0.15, 0.2) is 41.8 Å². The third kappa shape index (κ3) is 2.62. The minimum atomic E-state index is 0.407. The topological polar surface area (TPSA) is 29.9 Å². The summed E-state index contributed by atoms with van der Waals surface area (Å²) >= 11 is 1.80. The molecule has 0 aliphatic rings. The lowest BCUT2D eigenvalue weighted by molar-refractivity contribution is 0.537. The number of nitrogens with one attached hydrogen (secondary N) is 1. The molecular weight excluding hydrogens is 266 g/mol. The molecule has 1 unspecified atom stereocenters. The number of imidazole rings is 1. The maximum absolute atomic E-state index is 4.60. The molecule has 0 saturated carbocycles. The van der Waals surface area contributed by atoms with E-state index in [1.807, 2.05) is 6.07 Å². The van der Waals surface area contributed by atoms with Gasteiger partial charge in [0.1, 0.15) is 5.82 Å². The monoisotopic (exact) mass is 285 g/mol. The lowest BCUT2D eigenvalue weighted by Gasteiger charge is -2.13. The molecule has 0 radical (unpaired) electrons. The standard InChI is InChI=1S/C16H19N3S/c1-12(16-8-5-11-20-16)17-9-10-19-13(2)18-14-6-3-4-7-15(14)19/h3-8,11-12,17H,9-10H2,1-2H3. The Bertz CT molecular complexity index is 685. The van der Waals surface area contributed by atoms with Gasteiger partial charge in [0.15, 0.2) is 0 Å². The highest BCUT2D eigenvalue weighted by molar-refractivity contribution is 7.10. The largest absolute Gasteiger partial charge is 0.327 e. The molecule has 0 aliphatic carbocycles. The zero-order valence-corrected chi connectivity index (χ0v) is 12.7. The highest BCUT2D eigenvalue weighted by Gasteiger charge is 2.08. The Morgan fingerprint density at radius 1 is 1.25 bits per heavy atom. The Morgan fingerprint density at radius 2 is 2.10 bits per heavy atom. The molecule has 20 heavy (non-hydrogen) atoms. The smallest absolute Gasteiger partial charge is 0.106 e. The summed E-state index contributed by atoms with van der Waals surface area (Å²) in [6, 6.07) is 13.0. The third-order valence-electron chi connectivity index (χ3n) is 3.60. The highest BCUT2D eigenvalue weighted by Crippen LogP contribution is 2.18. The molecule has 1 N–H and O–H groups in total. The van der Waals surface area contributed by atoms with E-state index in [1.165, 1.54) is 10.4 Å². The summed E-state index contributed by atoms with van der Waals surface area (Å²) < 4.78 is 2.28. The van der Waals surface area contributed by atoms with Gasteiger partial charge < -0.3 is 9.88 Å². The minimum absolute atomic E-state index is 0.407. The van der Waals surface area contributed by atoms with Crippen molar-refractivity contribution in [3.8, 4) is 0 Å². The summed E-state index contributed by atoms with van der Waals surface area (Å²) in [4.78, 5) is 5.98. The quantitative estimate of drug-likeness (QED) is 0.773. The predicted octanol–water partition coefficient (Wildman–Crippen LogP) is 3.76. The second kappa shape index (κ2) is 5.77. The number of thiophene rings is 1. The minimum Gasteiger partial charge on any atom is -0.327 e. The summed E-state index contributed by atoms with van der Waals surface area (Å²) in [5, 5.41) is 5.70. The number of fused-ring (bicyclic) bond motifs is 1. The van der Waals surface area contributed by atoms with Gasteiger partial charge in [0, 0.05) is 24.0 Å². The van der Waals surface area contributed by atoms with Crippen molar-refractivity contribution in [3.63, 3.8) is 0 Å². The van der Waals surface area contributed by atoms with E-state index in [0.29, 0.717) is 6.04 Å². The first kappa shape index (κ1) is 13.3. The van der Waals surface area contributed by atoms with Crippen LogP contribution >= 0.6 is 11.3 Å². The maximum Gasteiger partial charge on any atom is 0.106 e. The van der Waals surface area contributed by atoms with Crippen molar-refractivity contribution < 1.29 is 0 Å². The number of hydrogen-bond acceptors (Lipinski definition) is 3. The third-order valence-corrected chi connectivity index (χ3v) is 4.66. The summed E-state index contributed by atoms with van der Waals surface area (Å²) in [7, 11) is 0. The van der Waals surface area contributed by atoms with Gasteiger partial charge in [0.25, 0.3) is 0 Å². The van der Waals surface area contributed by atoms with Crippen molar-refractivity contribution in [3.05, 3.63) is 52.5 Å². The van der Waals surface area contributed by atoms with E-state index in [1.54, 1.807) is 11.3 Å². The van der Waals surface area contributed by atoms with E-state index in [4.69, 9.17) is 0 Å². The van der Waals surface area contributed by atoms with Crippen LogP contribution in [0.2, 0.25) is 0 Å². The molecular formula is C16H19N3S. The number of para-hydroxylation sites is 2. The van der Waals surface area contributed by atoms with Crippen molar-refractivity contribution in [2.24, 2.45) is 0 Å². The number of hydrogen-bond donors (Lipinski definition) is 1. The van der Waals surface area contributed by atoms with E-state index in [-0.39, 0.29) is 0 Å². The van der Waals surface area contributed by atoms with Gasteiger partial charge in [-0.05, 0) is 37.4 Å². The fraction of sp³-hybridized carbons (Fsp3) is 0.312. The molecule has 0 saturated heterocycles. The van der Waals surface area contributed by atoms with Gasteiger partial charge in [-0.2, -0.15) is 0 Å². The normalized spacial score (nSPS) is 12.9. The summed E-state index contributed by atoms with van der Waals surface area (Å²) in [6.45, 7) is 6.18. The average molecular weight is 285 g/mol. The van der Waals surface area contributed by atoms with E-state index in [0.717, 1.165) is 24.4 Å². The maximum atomic E-state index is 4.60. The van der Waals surface area contributed by atoms with Gasteiger partial charge in [-0.1, -0.05) is 18.2 Å². The van der Waals surface area contributed by atoms with Crippen LogP contribution < -0.4 is 5.32 Å². The van der Waals surface area contributed by atoms with Gasteiger partial charge in [-0.25, -0.2) is 4.98 Å². The van der Waals surface area contributed by atoms with Crippen LogP contribution in [-0.2, 0) is 6.54 Å². The zero-order valence-electron chi connectivity index (χ0n) is 11.8. The van der Waals surface area contributed by atoms with E-state index < -0.39 is 0 Å². The molecule has 0 spiro atoms. The van der Waals surface area contributed by atoms with E-state index in [9.17, 15) is 0 Å². The van der Waals surface area contributed by atoms with Crippen LogP contribution in [0.5, 0.6) is 0 Å². The SMILES string of the molecule is Cc1nc2ccccc2n1CCNC(C)c1cccs1. The molecule has 0 amide bonds. The Balaban J connectivity index is 1.67. The number of aromatic nitrogens is 2. The first-order chi connectivity index (χ1) is 9.75. The van der Waals surface area contributed by atoms with Crippen LogP contribution in [0.1, 0.15) is 23.7 Å². The number of nitrogens with zero attached hydrogens (tertiary/aromatic N) is 2. The fourth-order valence-corrected chi connectivity index (χ4v) is 3.27. The Morgan fingerprint density at radius 3 is 2.90 bits per heavy atom. The van der Waals surface area contributed by atoms with Crippen molar-refractivity contribution in [2.45, 2.75) is 26.4 Å². The lowest BCUT2D eigenvalue weighted by atomic mass is 10.3. The van der Waals surface area contributed by atoms with Crippen molar-refractivity contribution in [2.75, 3.05) is 6.54 Å². The number of benzene rings is 1. The zero-order chi connectivity index (χ0) is 13.9. The Labute approximate surface area is 123 Å². The summed E-state index contributed by atoms with van der Waals surface area (Å²) in [5.41, 5.74) is 2.30. The van der Waals surface area contributed by atoms with Crippen LogP contribution in [-0.4, -0.2) is 16.1 Å². The van der Waals surface area contributed by atoms with Crippen molar-refractivity contribution in [1.82, 2.24) is 14.9 Å². The van der Waals surface area contributed by atoms with E-state index >= 15 is 0 Å². The Hall–Kier alpha value is -1.65. The number of aryl methyl sites for hydroxylation is 1. The molecule has 2 aromatic heterocycles. The van der Waals surface area contributed by atoms with Gasteiger partial charge in [-0.15, -0.1) is 11.3 Å². The lowest BCUT2D eigenvalue weighted by Crippen LogP contribution is -2.23. The number of rotatable bonds is 5. The molecule has 0 fully saturated rings. The molecule has 1 atom stereocenters. The average Bonchev–Trinajstić information content (AvgIpc) is 3.07. The molecule has 104 valence electrons. The molecule has 1 aromatic carbocycles. The highest BCUT2D eigenvalue weighted by atomic mass is 32.1. The van der Waals surface area contributed by atoms with Crippen LogP contribution in [0.25, 0.3) is 11.0 Å². The van der Waals surface area contributed by atoms with Gasteiger partial charge in [0.2, 0.25) is 0 Å². The molecule has 0 bridgehead atoms. The van der Waals surface area contributed by atoms with Gasteiger partial charge >= 0.3 is 0 Å². The van der Waals surface area contributed by atoms with Crippen molar-refractivity contribution in [1.29, 1.82) is 0 Å².